The average Bonchev–Trinajstić information content (AvgIpc) is 2.11. The van der Waals surface area contributed by atoms with Gasteiger partial charge in [0.05, 0.1) is 18.1 Å². The van der Waals surface area contributed by atoms with Crippen LogP contribution in [0.5, 0.6) is 0 Å². The van der Waals surface area contributed by atoms with Crippen molar-refractivity contribution in [2.45, 2.75) is 52.4 Å². The SMILES string of the molecule is C[C@H](C(=O)O)[C@H](O)[C@@H](C)NC(=O)OC(C)(C)C. The van der Waals surface area contributed by atoms with Gasteiger partial charge in [-0.3, -0.25) is 4.79 Å². The van der Waals surface area contributed by atoms with Crippen LogP contribution in [0.25, 0.3) is 0 Å². The van der Waals surface area contributed by atoms with Crippen LogP contribution in [-0.4, -0.2) is 40.0 Å². The Hall–Kier alpha value is -1.30. The first-order valence-corrected chi connectivity index (χ1v) is 5.45. The number of carboxylic acid groups (broad SMARTS) is 1. The van der Waals surface area contributed by atoms with Gasteiger partial charge in [-0.05, 0) is 34.6 Å². The first-order chi connectivity index (χ1) is 7.54. The van der Waals surface area contributed by atoms with E-state index < -0.39 is 35.7 Å². The Kier molecular flexibility index (Phi) is 5.41. The summed E-state index contributed by atoms with van der Waals surface area (Å²) < 4.78 is 4.99. The molecule has 0 bridgehead atoms. The summed E-state index contributed by atoms with van der Waals surface area (Å²) in [7, 11) is 0. The van der Waals surface area contributed by atoms with Gasteiger partial charge in [0, 0.05) is 0 Å². The fourth-order valence-electron chi connectivity index (χ4n) is 1.16. The maximum absolute atomic E-state index is 11.4. The molecule has 6 heteroatoms. The molecule has 100 valence electrons. The maximum atomic E-state index is 11.4. The molecule has 0 unspecified atom stereocenters. The number of alkyl carbamates (subject to hydrolysis) is 1. The molecule has 3 N–H and O–H groups in total. The number of carbonyl (C=O) groups is 2. The first-order valence-electron chi connectivity index (χ1n) is 5.45. The predicted molar refractivity (Wildman–Crippen MR) is 61.6 cm³/mol. The lowest BCUT2D eigenvalue weighted by Crippen LogP contribution is -2.47. The number of carboxylic acids is 1. The molecule has 0 saturated carbocycles. The van der Waals surface area contributed by atoms with Gasteiger partial charge in [-0.1, -0.05) is 0 Å². The lowest BCUT2D eigenvalue weighted by molar-refractivity contribution is -0.145. The number of ether oxygens (including phenoxy) is 1. The number of hydrogen-bond acceptors (Lipinski definition) is 4. The molecule has 6 nitrogen and oxygen atoms in total. The standard InChI is InChI=1S/C11H21NO5/c1-6(9(14)15)8(13)7(2)12-10(16)17-11(3,4)5/h6-8,13H,1-5H3,(H,12,16)(H,14,15)/t6-,7+,8-/m0/s1. The Bertz CT molecular complexity index is 284. The van der Waals surface area contributed by atoms with E-state index in [0.29, 0.717) is 0 Å². The van der Waals surface area contributed by atoms with Crippen molar-refractivity contribution in [1.29, 1.82) is 0 Å². The third kappa shape index (κ3) is 6.11. The first kappa shape index (κ1) is 15.7. The number of carbonyl (C=O) groups excluding carboxylic acids is 1. The van der Waals surface area contributed by atoms with Gasteiger partial charge in [0.1, 0.15) is 5.60 Å². The van der Waals surface area contributed by atoms with Gasteiger partial charge in [0.2, 0.25) is 0 Å². The van der Waals surface area contributed by atoms with Gasteiger partial charge >= 0.3 is 12.1 Å². The average molecular weight is 247 g/mol. The Balaban J connectivity index is 4.30. The molecule has 0 heterocycles. The number of aliphatic hydroxyl groups excluding tert-OH is 1. The summed E-state index contributed by atoms with van der Waals surface area (Å²) >= 11 is 0. The minimum absolute atomic E-state index is 0.632. The minimum atomic E-state index is -1.17. The Morgan fingerprint density at radius 3 is 2.06 bits per heavy atom. The predicted octanol–water partition coefficient (Wildman–Crippen LogP) is 0.981. The number of hydrogen-bond donors (Lipinski definition) is 3. The summed E-state index contributed by atoms with van der Waals surface area (Å²) in [6.45, 7) is 8.04. The van der Waals surface area contributed by atoms with Crippen molar-refractivity contribution in [2.24, 2.45) is 5.92 Å². The topological polar surface area (TPSA) is 95.9 Å². The second-order valence-electron chi connectivity index (χ2n) is 5.05. The number of nitrogens with one attached hydrogen (secondary N) is 1. The highest BCUT2D eigenvalue weighted by molar-refractivity contribution is 5.71. The highest BCUT2D eigenvalue weighted by atomic mass is 16.6. The molecule has 0 rings (SSSR count). The van der Waals surface area contributed by atoms with Crippen molar-refractivity contribution in [2.75, 3.05) is 0 Å². The van der Waals surface area contributed by atoms with E-state index in [1.165, 1.54) is 13.8 Å². The van der Waals surface area contributed by atoms with E-state index in [4.69, 9.17) is 9.84 Å². The number of aliphatic hydroxyl groups is 1. The molecule has 0 aliphatic rings. The van der Waals surface area contributed by atoms with Crippen LogP contribution in [-0.2, 0) is 9.53 Å². The van der Waals surface area contributed by atoms with Crippen molar-refractivity contribution in [3.8, 4) is 0 Å². The van der Waals surface area contributed by atoms with Crippen molar-refractivity contribution < 1.29 is 24.5 Å². The molecule has 0 radical (unpaired) electrons. The Morgan fingerprint density at radius 1 is 1.24 bits per heavy atom. The van der Waals surface area contributed by atoms with Crippen LogP contribution in [0.15, 0.2) is 0 Å². The van der Waals surface area contributed by atoms with Crippen LogP contribution < -0.4 is 5.32 Å². The van der Waals surface area contributed by atoms with E-state index >= 15 is 0 Å². The van der Waals surface area contributed by atoms with E-state index in [2.05, 4.69) is 5.32 Å². The molecule has 0 saturated heterocycles. The van der Waals surface area contributed by atoms with Crippen LogP contribution >= 0.6 is 0 Å². The second kappa shape index (κ2) is 5.86. The zero-order chi connectivity index (χ0) is 13.8. The fourth-order valence-corrected chi connectivity index (χ4v) is 1.16. The molecule has 0 aliphatic carbocycles. The smallest absolute Gasteiger partial charge is 0.407 e. The zero-order valence-corrected chi connectivity index (χ0v) is 10.9. The van der Waals surface area contributed by atoms with Gasteiger partial charge in [-0.25, -0.2) is 4.79 Å². The van der Waals surface area contributed by atoms with E-state index in [-0.39, 0.29) is 0 Å². The molecule has 0 aromatic rings. The maximum Gasteiger partial charge on any atom is 0.407 e. The molecule has 17 heavy (non-hydrogen) atoms. The Morgan fingerprint density at radius 2 is 1.71 bits per heavy atom. The molecule has 0 fully saturated rings. The lowest BCUT2D eigenvalue weighted by Gasteiger charge is -2.25. The number of amides is 1. The van der Waals surface area contributed by atoms with Crippen LogP contribution in [0.1, 0.15) is 34.6 Å². The fraction of sp³-hybridized carbons (Fsp3) is 0.818. The van der Waals surface area contributed by atoms with E-state index in [1.807, 2.05) is 0 Å². The summed E-state index contributed by atoms with van der Waals surface area (Å²) in [5.41, 5.74) is -0.632. The third-order valence-electron chi connectivity index (χ3n) is 2.16. The van der Waals surface area contributed by atoms with Crippen LogP contribution in [0.2, 0.25) is 0 Å². The monoisotopic (exact) mass is 247 g/mol. The van der Waals surface area contributed by atoms with Crippen molar-refractivity contribution in [3.05, 3.63) is 0 Å². The van der Waals surface area contributed by atoms with Gasteiger partial charge in [0.25, 0.3) is 0 Å². The molecule has 3 atom stereocenters. The molecule has 0 aromatic carbocycles. The molecule has 1 amide bonds. The molecule has 0 spiro atoms. The zero-order valence-electron chi connectivity index (χ0n) is 10.9. The molecule has 0 aliphatic heterocycles. The van der Waals surface area contributed by atoms with Gasteiger partial charge < -0.3 is 20.3 Å². The molecular formula is C11H21NO5. The summed E-state index contributed by atoms with van der Waals surface area (Å²) in [5, 5.41) is 20.8. The summed E-state index contributed by atoms with van der Waals surface area (Å²) in [6.07, 6.45) is -1.85. The highest BCUT2D eigenvalue weighted by Crippen LogP contribution is 2.10. The van der Waals surface area contributed by atoms with Crippen molar-refractivity contribution in [1.82, 2.24) is 5.32 Å². The number of rotatable bonds is 4. The molecule has 0 aromatic heterocycles. The van der Waals surface area contributed by atoms with E-state index in [0.717, 1.165) is 0 Å². The Labute approximate surface area is 101 Å². The second-order valence-corrected chi connectivity index (χ2v) is 5.05. The number of aliphatic carboxylic acids is 1. The van der Waals surface area contributed by atoms with Crippen LogP contribution in [0.4, 0.5) is 4.79 Å². The lowest BCUT2D eigenvalue weighted by atomic mass is 9.99. The van der Waals surface area contributed by atoms with Gasteiger partial charge in [-0.2, -0.15) is 0 Å². The highest BCUT2D eigenvalue weighted by Gasteiger charge is 2.28. The normalized spacial score (nSPS) is 16.8. The van der Waals surface area contributed by atoms with E-state index in [9.17, 15) is 14.7 Å². The van der Waals surface area contributed by atoms with Gasteiger partial charge in [-0.15, -0.1) is 0 Å². The van der Waals surface area contributed by atoms with Crippen LogP contribution in [0.3, 0.4) is 0 Å². The van der Waals surface area contributed by atoms with Gasteiger partial charge in [0.15, 0.2) is 0 Å². The van der Waals surface area contributed by atoms with Crippen LogP contribution in [0, 0.1) is 5.92 Å². The molecular weight excluding hydrogens is 226 g/mol. The quantitative estimate of drug-likeness (QED) is 0.688. The third-order valence-corrected chi connectivity index (χ3v) is 2.16. The minimum Gasteiger partial charge on any atom is -0.481 e. The summed E-state index contributed by atoms with van der Waals surface area (Å²) in [5.74, 6) is -2.07. The van der Waals surface area contributed by atoms with E-state index in [1.54, 1.807) is 20.8 Å². The summed E-state index contributed by atoms with van der Waals surface area (Å²) in [6, 6.07) is -0.698. The summed E-state index contributed by atoms with van der Waals surface area (Å²) in [4.78, 5) is 22.0. The van der Waals surface area contributed by atoms with Crippen molar-refractivity contribution in [3.63, 3.8) is 0 Å². The van der Waals surface area contributed by atoms with Crippen molar-refractivity contribution >= 4 is 12.1 Å². The largest absolute Gasteiger partial charge is 0.481 e.